The van der Waals surface area contributed by atoms with Gasteiger partial charge in [0.2, 0.25) is 0 Å². The van der Waals surface area contributed by atoms with E-state index in [-0.39, 0.29) is 19.0 Å². The van der Waals surface area contributed by atoms with E-state index in [2.05, 4.69) is 0 Å². The zero-order valence-corrected chi connectivity index (χ0v) is 15.2. The van der Waals surface area contributed by atoms with Crippen LogP contribution < -0.4 is 0 Å². The smallest absolute Gasteiger partial charge is 0.317 e. The molecule has 0 aromatic heterocycles. The number of esters is 2. The van der Waals surface area contributed by atoms with Crippen LogP contribution in [0, 0.1) is 11.8 Å². The summed E-state index contributed by atoms with van der Waals surface area (Å²) >= 11 is 5.94. The van der Waals surface area contributed by atoms with Crippen molar-refractivity contribution in [3.8, 4) is 0 Å². The maximum absolute atomic E-state index is 12.5. The molecule has 3 unspecified atom stereocenters. The van der Waals surface area contributed by atoms with Gasteiger partial charge in [0.05, 0.1) is 19.1 Å². The molecule has 3 atom stereocenters. The van der Waals surface area contributed by atoms with Crippen molar-refractivity contribution in [2.45, 2.75) is 26.7 Å². The number of allylic oxidation sites excluding steroid dienone is 1. The quantitative estimate of drug-likeness (QED) is 0.592. The number of ketones is 1. The first-order valence-electron chi connectivity index (χ1n) is 8.21. The van der Waals surface area contributed by atoms with Crippen LogP contribution in [0.2, 0.25) is 5.02 Å². The summed E-state index contributed by atoms with van der Waals surface area (Å²) in [6, 6.07) is 6.77. The number of ether oxygens (including phenoxy) is 2. The van der Waals surface area contributed by atoms with Gasteiger partial charge in [0.25, 0.3) is 0 Å². The summed E-state index contributed by atoms with van der Waals surface area (Å²) in [6.07, 6.45) is 1.34. The Labute approximate surface area is 151 Å². The number of rotatable bonds is 5. The summed E-state index contributed by atoms with van der Waals surface area (Å²) in [5.74, 6) is -3.96. The minimum Gasteiger partial charge on any atom is -0.466 e. The summed E-state index contributed by atoms with van der Waals surface area (Å²) in [4.78, 5) is 37.5. The third kappa shape index (κ3) is 4.10. The predicted molar refractivity (Wildman–Crippen MR) is 93.2 cm³/mol. The van der Waals surface area contributed by atoms with E-state index >= 15 is 0 Å². The molecule has 0 heterocycles. The lowest BCUT2D eigenvalue weighted by atomic mass is 9.68. The van der Waals surface area contributed by atoms with E-state index in [1.165, 1.54) is 6.08 Å². The van der Waals surface area contributed by atoms with Crippen molar-refractivity contribution < 1.29 is 23.9 Å². The highest BCUT2D eigenvalue weighted by molar-refractivity contribution is 6.30. The van der Waals surface area contributed by atoms with Crippen molar-refractivity contribution >= 4 is 29.3 Å². The zero-order chi connectivity index (χ0) is 18.6. The van der Waals surface area contributed by atoms with Crippen LogP contribution >= 0.6 is 11.6 Å². The maximum Gasteiger partial charge on any atom is 0.317 e. The van der Waals surface area contributed by atoms with Crippen LogP contribution in [0.15, 0.2) is 35.9 Å². The van der Waals surface area contributed by atoms with Gasteiger partial charge in [-0.05, 0) is 44.5 Å². The van der Waals surface area contributed by atoms with Crippen molar-refractivity contribution in [3.63, 3.8) is 0 Å². The standard InChI is InChI=1S/C19H21ClO5/c1-4-24-18(22)15-11(3)10-14(21)17(19(23)25-5-2)16(15)12-6-8-13(20)9-7-12/h6-10,15-17H,4-5H2,1-3H3. The Morgan fingerprint density at radius 2 is 1.52 bits per heavy atom. The van der Waals surface area contributed by atoms with Gasteiger partial charge in [0, 0.05) is 10.9 Å². The van der Waals surface area contributed by atoms with Gasteiger partial charge in [-0.25, -0.2) is 0 Å². The van der Waals surface area contributed by atoms with Gasteiger partial charge >= 0.3 is 11.9 Å². The highest BCUT2D eigenvalue weighted by Crippen LogP contribution is 2.42. The van der Waals surface area contributed by atoms with E-state index in [0.29, 0.717) is 16.2 Å². The Kier molecular flexibility index (Phi) is 6.37. The summed E-state index contributed by atoms with van der Waals surface area (Å²) in [6.45, 7) is 5.46. The van der Waals surface area contributed by atoms with E-state index in [1.54, 1.807) is 45.0 Å². The fourth-order valence-corrected chi connectivity index (χ4v) is 3.31. The summed E-state index contributed by atoms with van der Waals surface area (Å²) in [7, 11) is 0. The van der Waals surface area contributed by atoms with Crippen LogP contribution in [0.25, 0.3) is 0 Å². The monoisotopic (exact) mass is 364 g/mol. The minimum absolute atomic E-state index is 0.155. The number of carbonyl (C=O) groups excluding carboxylic acids is 3. The summed E-state index contributed by atoms with van der Waals surface area (Å²) < 4.78 is 10.3. The molecule has 0 saturated carbocycles. The van der Waals surface area contributed by atoms with Crippen LogP contribution in [0.3, 0.4) is 0 Å². The van der Waals surface area contributed by atoms with Gasteiger partial charge < -0.3 is 9.47 Å². The lowest BCUT2D eigenvalue weighted by Gasteiger charge is -2.34. The largest absolute Gasteiger partial charge is 0.466 e. The van der Waals surface area contributed by atoms with Crippen LogP contribution in [0.1, 0.15) is 32.3 Å². The van der Waals surface area contributed by atoms with Gasteiger partial charge in [-0.3, -0.25) is 14.4 Å². The van der Waals surface area contributed by atoms with Gasteiger partial charge in [0.1, 0.15) is 5.92 Å². The molecular formula is C19H21ClO5. The Morgan fingerprint density at radius 3 is 2.04 bits per heavy atom. The molecule has 0 saturated heterocycles. The average molecular weight is 365 g/mol. The Bertz CT molecular complexity index is 692. The first-order valence-corrected chi connectivity index (χ1v) is 8.59. The average Bonchev–Trinajstić information content (AvgIpc) is 2.55. The first-order chi connectivity index (χ1) is 11.9. The SMILES string of the molecule is CCOC(=O)C1C(=O)C=C(C)C(C(=O)OCC)C1c1ccc(Cl)cc1. The topological polar surface area (TPSA) is 69.7 Å². The van der Waals surface area contributed by atoms with Crippen LogP contribution in [0.4, 0.5) is 0 Å². The Balaban J connectivity index is 2.56. The molecule has 0 radical (unpaired) electrons. The van der Waals surface area contributed by atoms with E-state index < -0.39 is 29.7 Å². The van der Waals surface area contributed by atoms with Gasteiger partial charge in [-0.1, -0.05) is 29.3 Å². The molecule has 0 amide bonds. The molecule has 2 rings (SSSR count). The van der Waals surface area contributed by atoms with Crippen LogP contribution in [-0.4, -0.2) is 30.9 Å². The Hall–Kier alpha value is -2.14. The lowest BCUT2D eigenvalue weighted by Crippen LogP contribution is -2.41. The number of carbonyl (C=O) groups is 3. The fourth-order valence-electron chi connectivity index (χ4n) is 3.19. The second-order valence-electron chi connectivity index (χ2n) is 5.83. The number of hydrogen-bond donors (Lipinski definition) is 0. The molecule has 1 aromatic rings. The number of benzene rings is 1. The van der Waals surface area contributed by atoms with E-state index in [1.807, 2.05) is 0 Å². The molecule has 134 valence electrons. The lowest BCUT2D eigenvalue weighted by molar-refractivity contribution is -0.155. The molecular weight excluding hydrogens is 344 g/mol. The molecule has 0 bridgehead atoms. The zero-order valence-electron chi connectivity index (χ0n) is 14.5. The molecule has 6 heteroatoms. The summed E-state index contributed by atoms with van der Waals surface area (Å²) in [5, 5.41) is 0.526. The molecule has 5 nitrogen and oxygen atoms in total. The van der Waals surface area contributed by atoms with Crippen molar-refractivity contribution in [2.24, 2.45) is 11.8 Å². The normalized spacial score (nSPS) is 23.0. The van der Waals surface area contributed by atoms with Crippen molar-refractivity contribution in [1.82, 2.24) is 0 Å². The second kappa shape index (κ2) is 8.30. The third-order valence-electron chi connectivity index (χ3n) is 4.22. The Morgan fingerprint density at radius 1 is 1.00 bits per heavy atom. The summed E-state index contributed by atoms with van der Waals surface area (Å²) in [5.41, 5.74) is 1.24. The first kappa shape index (κ1) is 19.2. The fraction of sp³-hybridized carbons (Fsp3) is 0.421. The van der Waals surface area contributed by atoms with Crippen LogP contribution in [-0.2, 0) is 23.9 Å². The minimum atomic E-state index is -1.08. The van der Waals surface area contributed by atoms with Gasteiger partial charge in [-0.15, -0.1) is 0 Å². The highest BCUT2D eigenvalue weighted by atomic mass is 35.5. The van der Waals surface area contributed by atoms with Crippen molar-refractivity contribution in [1.29, 1.82) is 0 Å². The van der Waals surface area contributed by atoms with Crippen molar-refractivity contribution in [2.75, 3.05) is 13.2 Å². The predicted octanol–water partition coefficient (Wildman–Crippen LogP) is 3.31. The molecule has 1 aliphatic rings. The van der Waals surface area contributed by atoms with Gasteiger partial charge in [-0.2, -0.15) is 0 Å². The van der Waals surface area contributed by atoms with Gasteiger partial charge in [0.15, 0.2) is 5.78 Å². The molecule has 1 aliphatic carbocycles. The van der Waals surface area contributed by atoms with Crippen LogP contribution in [0.5, 0.6) is 0 Å². The second-order valence-corrected chi connectivity index (χ2v) is 6.26. The molecule has 25 heavy (non-hydrogen) atoms. The highest BCUT2D eigenvalue weighted by Gasteiger charge is 2.47. The number of hydrogen-bond acceptors (Lipinski definition) is 5. The molecule has 0 fully saturated rings. The van der Waals surface area contributed by atoms with E-state index in [0.717, 1.165) is 0 Å². The maximum atomic E-state index is 12.5. The number of halogens is 1. The molecule has 0 N–H and O–H groups in total. The molecule has 1 aromatic carbocycles. The van der Waals surface area contributed by atoms with E-state index in [4.69, 9.17) is 21.1 Å². The molecule has 0 spiro atoms. The van der Waals surface area contributed by atoms with E-state index in [9.17, 15) is 14.4 Å². The third-order valence-corrected chi connectivity index (χ3v) is 4.47. The molecule has 0 aliphatic heterocycles. The van der Waals surface area contributed by atoms with Crippen molar-refractivity contribution in [3.05, 3.63) is 46.5 Å².